The summed E-state index contributed by atoms with van der Waals surface area (Å²) in [5.41, 5.74) is 3.13. The molecular weight excluding hydrogens is 431 g/mol. The number of halogens is 3. The van der Waals surface area contributed by atoms with Crippen molar-refractivity contribution in [3.8, 4) is 11.8 Å². The Balaban J connectivity index is 3.29. The quantitative estimate of drug-likeness (QED) is 0.210. The molecule has 1 aromatic rings. The van der Waals surface area contributed by atoms with E-state index in [0.717, 1.165) is 12.1 Å². The minimum absolute atomic E-state index is 0.147. The molecule has 0 spiro atoms. The van der Waals surface area contributed by atoms with Crippen LogP contribution < -0.4 is 5.73 Å². The van der Waals surface area contributed by atoms with Gasteiger partial charge in [0.25, 0.3) is 15.7 Å². The molecule has 0 fully saturated rings. The third-order valence-electron chi connectivity index (χ3n) is 3.39. The number of benzene rings is 1. The van der Waals surface area contributed by atoms with Crippen molar-refractivity contribution < 1.29 is 36.0 Å². The topological polar surface area (TPSA) is 133 Å². The molecule has 0 radical (unpaired) electrons. The largest absolute Gasteiger partial charge is 0.463 e. The highest BCUT2D eigenvalue weighted by molar-refractivity contribution is 7.89. The van der Waals surface area contributed by atoms with Crippen LogP contribution in [0.2, 0.25) is 0 Å². The van der Waals surface area contributed by atoms with Crippen LogP contribution >= 0.6 is 0 Å². The van der Waals surface area contributed by atoms with Crippen molar-refractivity contribution in [3.63, 3.8) is 0 Å². The highest BCUT2D eigenvalue weighted by Crippen LogP contribution is 2.27. The lowest BCUT2D eigenvalue weighted by molar-refractivity contribution is -0.387. The molecule has 1 aromatic carbocycles. The van der Waals surface area contributed by atoms with Gasteiger partial charge in [-0.3, -0.25) is 10.1 Å². The van der Waals surface area contributed by atoms with Gasteiger partial charge in [-0.1, -0.05) is 24.0 Å². The van der Waals surface area contributed by atoms with E-state index in [9.17, 15) is 36.5 Å². The molecule has 0 heterocycles. The molecule has 0 amide bonds. The smallest absolute Gasteiger partial charge is 0.424 e. The molecule has 0 saturated heterocycles. The summed E-state index contributed by atoms with van der Waals surface area (Å²) in [5, 5.41) is 11.1. The van der Waals surface area contributed by atoms with Gasteiger partial charge in [0.1, 0.15) is 5.57 Å². The van der Waals surface area contributed by atoms with E-state index in [1.54, 1.807) is 5.92 Å². The van der Waals surface area contributed by atoms with Gasteiger partial charge in [0.2, 0.25) is 0 Å². The Morgan fingerprint density at radius 3 is 2.53 bits per heavy atom. The Kier molecular flexibility index (Phi) is 8.96. The van der Waals surface area contributed by atoms with Crippen LogP contribution in [0.3, 0.4) is 0 Å². The number of carbonyl (C=O) groups excluding carboxylic acids is 1. The predicted molar refractivity (Wildman–Crippen MR) is 99.5 cm³/mol. The molecule has 0 saturated carbocycles. The number of sulfonamides is 1. The minimum atomic E-state index is -4.98. The van der Waals surface area contributed by atoms with Gasteiger partial charge < -0.3 is 10.5 Å². The second kappa shape index (κ2) is 10.7. The van der Waals surface area contributed by atoms with E-state index in [0.29, 0.717) is 4.31 Å². The monoisotopic (exact) mass is 449 g/mol. The molecule has 0 aliphatic carbocycles. The maximum atomic E-state index is 13.0. The maximum absolute atomic E-state index is 13.0. The van der Waals surface area contributed by atoms with Crippen molar-refractivity contribution in [3.05, 3.63) is 46.0 Å². The molecule has 30 heavy (non-hydrogen) atoms. The normalized spacial score (nSPS) is 12.3. The van der Waals surface area contributed by atoms with Crippen LogP contribution in [0.4, 0.5) is 18.9 Å². The summed E-state index contributed by atoms with van der Waals surface area (Å²) < 4.78 is 69.6. The van der Waals surface area contributed by atoms with E-state index in [1.807, 2.05) is 5.92 Å². The Morgan fingerprint density at radius 2 is 2.00 bits per heavy atom. The first-order valence-electron chi connectivity index (χ1n) is 8.33. The molecular formula is C17H18F3N3O6S. The van der Waals surface area contributed by atoms with Crippen molar-refractivity contribution in [2.75, 3.05) is 26.2 Å². The number of carbonyl (C=O) groups is 1. The van der Waals surface area contributed by atoms with Gasteiger partial charge in [-0.2, -0.15) is 17.5 Å². The van der Waals surface area contributed by atoms with E-state index in [2.05, 4.69) is 4.74 Å². The highest BCUT2D eigenvalue weighted by atomic mass is 32.2. The molecule has 0 aliphatic heterocycles. The summed E-state index contributed by atoms with van der Waals surface area (Å²) >= 11 is 0. The predicted octanol–water partition coefficient (Wildman–Crippen LogP) is 1.60. The zero-order chi connectivity index (χ0) is 22.9. The Morgan fingerprint density at radius 1 is 1.37 bits per heavy atom. The fourth-order valence-electron chi connectivity index (χ4n) is 2.11. The number of nitro benzene ring substituents is 1. The number of rotatable bonds is 8. The molecule has 164 valence electrons. The van der Waals surface area contributed by atoms with Crippen LogP contribution in [0.5, 0.6) is 0 Å². The van der Waals surface area contributed by atoms with Crippen LogP contribution in [0.25, 0.3) is 0 Å². The lowest BCUT2D eigenvalue weighted by atomic mass is 10.2. The fraction of sp³-hybridized carbons (Fsp3) is 0.353. The lowest BCUT2D eigenvalue weighted by Gasteiger charge is -2.19. The van der Waals surface area contributed by atoms with E-state index >= 15 is 0 Å². The maximum Gasteiger partial charge on any atom is 0.424 e. The number of hydrogen-bond acceptors (Lipinski definition) is 7. The van der Waals surface area contributed by atoms with Crippen LogP contribution in [0, 0.1) is 22.0 Å². The number of nitrogens with zero attached hydrogens (tertiary/aromatic N) is 2. The standard InChI is InChI=1S/C17H18F3N3O6S/c1-2-29-16(24)12-13(17(18,19)20)6-5-10-22(11-9-21)30(27,28)15-8-4-3-7-14(15)23(25)26/h3-4,7-8,12H,2,9-11,21H2,1H3/b13-12-. The molecule has 0 aromatic heterocycles. The summed E-state index contributed by atoms with van der Waals surface area (Å²) in [4.78, 5) is 20.9. The van der Waals surface area contributed by atoms with Gasteiger partial charge in [0, 0.05) is 25.2 Å². The molecule has 0 bridgehead atoms. The third kappa shape index (κ3) is 6.83. The summed E-state index contributed by atoms with van der Waals surface area (Å²) in [7, 11) is -4.49. The number of nitrogens with two attached hydrogens (primary N) is 1. The van der Waals surface area contributed by atoms with Crippen LogP contribution in [-0.4, -0.2) is 56.0 Å². The summed E-state index contributed by atoms with van der Waals surface area (Å²) in [6.07, 6.45) is -4.82. The molecule has 0 unspecified atom stereocenters. The Labute approximate surface area is 170 Å². The number of allylic oxidation sites excluding steroid dienone is 1. The number of para-hydroxylation sites is 1. The van der Waals surface area contributed by atoms with Gasteiger partial charge in [-0.05, 0) is 13.0 Å². The zero-order valence-electron chi connectivity index (χ0n) is 15.7. The van der Waals surface area contributed by atoms with Gasteiger partial charge in [0.15, 0.2) is 4.90 Å². The van der Waals surface area contributed by atoms with E-state index in [-0.39, 0.29) is 25.8 Å². The zero-order valence-corrected chi connectivity index (χ0v) is 16.5. The first kappa shape index (κ1) is 25.1. The van der Waals surface area contributed by atoms with Crippen molar-refractivity contribution in [2.24, 2.45) is 5.73 Å². The third-order valence-corrected chi connectivity index (χ3v) is 5.28. The van der Waals surface area contributed by atoms with Gasteiger partial charge >= 0.3 is 12.1 Å². The van der Waals surface area contributed by atoms with Gasteiger partial charge in [-0.15, -0.1) is 0 Å². The van der Waals surface area contributed by atoms with Crippen molar-refractivity contribution in [1.82, 2.24) is 4.31 Å². The molecule has 1 rings (SSSR count). The van der Waals surface area contributed by atoms with Crippen LogP contribution in [0.1, 0.15) is 6.92 Å². The van der Waals surface area contributed by atoms with E-state index < -0.39 is 49.8 Å². The number of esters is 1. The van der Waals surface area contributed by atoms with Crippen molar-refractivity contribution in [1.29, 1.82) is 0 Å². The lowest BCUT2D eigenvalue weighted by Crippen LogP contribution is -2.36. The van der Waals surface area contributed by atoms with Crippen LogP contribution in [0.15, 0.2) is 40.8 Å². The minimum Gasteiger partial charge on any atom is -0.463 e. The van der Waals surface area contributed by atoms with Crippen LogP contribution in [-0.2, 0) is 19.6 Å². The van der Waals surface area contributed by atoms with Gasteiger partial charge in [-0.25, -0.2) is 13.2 Å². The average molecular weight is 449 g/mol. The summed E-state index contributed by atoms with van der Waals surface area (Å²) in [6, 6.07) is 4.49. The average Bonchev–Trinajstić information content (AvgIpc) is 2.65. The van der Waals surface area contributed by atoms with Crippen molar-refractivity contribution >= 4 is 21.7 Å². The SMILES string of the molecule is CCOC(=O)/C=C(/C#CCN(CCN)S(=O)(=O)c1ccccc1[N+](=O)[O-])C(F)(F)F. The number of nitro groups is 1. The Hall–Kier alpha value is -2.95. The second-order valence-corrected chi connectivity index (χ2v) is 7.37. The first-order valence-corrected chi connectivity index (χ1v) is 9.77. The Bertz CT molecular complexity index is 980. The molecule has 0 aliphatic rings. The number of hydrogen-bond donors (Lipinski definition) is 1. The number of ether oxygens (including phenoxy) is 1. The first-order chi connectivity index (χ1) is 13.9. The fourth-order valence-corrected chi connectivity index (χ4v) is 3.62. The van der Waals surface area contributed by atoms with E-state index in [1.165, 1.54) is 19.1 Å². The van der Waals surface area contributed by atoms with Crippen molar-refractivity contribution in [2.45, 2.75) is 18.0 Å². The molecule has 0 atom stereocenters. The molecule has 13 heteroatoms. The van der Waals surface area contributed by atoms with Gasteiger partial charge in [0.05, 0.1) is 18.1 Å². The highest BCUT2D eigenvalue weighted by Gasteiger charge is 2.34. The number of alkyl halides is 3. The second-order valence-electron chi connectivity index (χ2n) is 5.46. The summed E-state index contributed by atoms with van der Waals surface area (Å²) in [6.45, 7) is -0.0601. The molecule has 2 N–H and O–H groups in total. The summed E-state index contributed by atoms with van der Waals surface area (Å²) in [5.74, 6) is 2.47. The van der Waals surface area contributed by atoms with E-state index in [4.69, 9.17) is 5.73 Å². The molecule has 9 nitrogen and oxygen atoms in total.